The third kappa shape index (κ3) is 5.06. The molecule has 0 saturated carbocycles. The SMILES string of the molecule is CC(C)CCOC1CCN(C(=O)CCC2CCNC2)C1. The molecular weight excluding hydrogens is 252 g/mol. The van der Waals surface area contributed by atoms with E-state index in [1.54, 1.807) is 0 Å². The predicted octanol–water partition coefficient (Wildman–Crippen LogP) is 2.04. The Morgan fingerprint density at radius 1 is 1.40 bits per heavy atom. The van der Waals surface area contributed by atoms with E-state index in [-0.39, 0.29) is 6.10 Å². The maximum atomic E-state index is 12.2. The van der Waals surface area contributed by atoms with E-state index < -0.39 is 0 Å². The van der Waals surface area contributed by atoms with Gasteiger partial charge in [-0.05, 0) is 50.6 Å². The third-order valence-corrected chi connectivity index (χ3v) is 4.48. The fraction of sp³-hybridized carbons (Fsp3) is 0.938. The van der Waals surface area contributed by atoms with E-state index in [2.05, 4.69) is 19.2 Å². The zero-order valence-electron chi connectivity index (χ0n) is 13.1. The summed E-state index contributed by atoms with van der Waals surface area (Å²) >= 11 is 0. The number of hydrogen-bond donors (Lipinski definition) is 1. The number of nitrogens with zero attached hydrogens (tertiary/aromatic N) is 1. The van der Waals surface area contributed by atoms with Crippen LogP contribution < -0.4 is 5.32 Å². The lowest BCUT2D eigenvalue weighted by Gasteiger charge is -2.18. The minimum atomic E-state index is 0.269. The molecule has 2 fully saturated rings. The van der Waals surface area contributed by atoms with Crippen molar-refractivity contribution in [3.8, 4) is 0 Å². The number of carbonyl (C=O) groups excluding carboxylic acids is 1. The molecule has 0 aliphatic carbocycles. The number of carbonyl (C=O) groups is 1. The summed E-state index contributed by atoms with van der Waals surface area (Å²) in [7, 11) is 0. The van der Waals surface area contributed by atoms with Crippen LogP contribution in [0.5, 0.6) is 0 Å². The minimum Gasteiger partial charge on any atom is -0.376 e. The monoisotopic (exact) mass is 282 g/mol. The van der Waals surface area contributed by atoms with Crippen LogP contribution in [0, 0.1) is 11.8 Å². The molecule has 0 spiro atoms. The second-order valence-corrected chi connectivity index (χ2v) is 6.70. The lowest BCUT2D eigenvalue weighted by atomic mass is 10.0. The van der Waals surface area contributed by atoms with Gasteiger partial charge in [-0.25, -0.2) is 0 Å². The summed E-state index contributed by atoms with van der Waals surface area (Å²) < 4.78 is 5.87. The van der Waals surface area contributed by atoms with E-state index in [0.717, 1.165) is 52.0 Å². The van der Waals surface area contributed by atoms with Gasteiger partial charge in [0.15, 0.2) is 0 Å². The zero-order valence-corrected chi connectivity index (χ0v) is 13.1. The van der Waals surface area contributed by atoms with Crippen LogP contribution in [0.4, 0.5) is 0 Å². The first-order valence-corrected chi connectivity index (χ1v) is 8.25. The van der Waals surface area contributed by atoms with E-state index in [1.807, 2.05) is 4.90 Å². The lowest BCUT2D eigenvalue weighted by Crippen LogP contribution is -2.30. The van der Waals surface area contributed by atoms with Crippen molar-refractivity contribution in [1.82, 2.24) is 10.2 Å². The Labute approximate surface area is 123 Å². The molecular formula is C16H30N2O2. The Morgan fingerprint density at radius 3 is 2.95 bits per heavy atom. The molecule has 2 unspecified atom stereocenters. The lowest BCUT2D eigenvalue weighted by molar-refractivity contribution is -0.131. The van der Waals surface area contributed by atoms with E-state index >= 15 is 0 Å². The number of likely N-dealkylation sites (tertiary alicyclic amines) is 1. The summed E-state index contributed by atoms with van der Waals surface area (Å²) in [5.74, 6) is 1.72. The molecule has 4 heteroatoms. The highest BCUT2D eigenvalue weighted by molar-refractivity contribution is 5.76. The van der Waals surface area contributed by atoms with Gasteiger partial charge in [-0.1, -0.05) is 13.8 Å². The van der Waals surface area contributed by atoms with Crippen LogP contribution in [0.3, 0.4) is 0 Å². The number of hydrogen-bond acceptors (Lipinski definition) is 3. The number of amides is 1. The minimum absolute atomic E-state index is 0.269. The van der Waals surface area contributed by atoms with Gasteiger partial charge in [0.05, 0.1) is 6.10 Å². The van der Waals surface area contributed by atoms with Crippen molar-refractivity contribution in [3.05, 3.63) is 0 Å². The standard InChI is InChI=1S/C16H30N2O2/c1-13(2)7-10-20-15-6-9-18(12-15)16(19)4-3-14-5-8-17-11-14/h13-15,17H,3-12H2,1-2H3. The zero-order chi connectivity index (χ0) is 14.4. The average molecular weight is 282 g/mol. The van der Waals surface area contributed by atoms with Gasteiger partial charge in [0.1, 0.15) is 0 Å². The molecule has 1 N–H and O–H groups in total. The molecule has 0 radical (unpaired) electrons. The highest BCUT2D eigenvalue weighted by Crippen LogP contribution is 2.18. The quantitative estimate of drug-likeness (QED) is 0.777. The molecule has 1 amide bonds. The fourth-order valence-corrected chi connectivity index (χ4v) is 3.01. The Bertz CT molecular complexity index is 301. The summed E-state index contributed by atoms with van der Waals surface area (Å²) in [5, 5.41) is 3.36. The van der Waals surface area contributed by atoms with Gasteiger partial charge < -0.3 is 15.0 Å². The van der Waals surface area contributed by atoms with Crippen molar-refractivity contribution in [1.29, 1.82) is 0 Å². The van der Waals surface area contributed by atoms with Crippen LogP contribution in [0.2, 0.25) is 0 Å². The molecule has 0 aromatic rings. The van der Waals surface area contributed by atoms with Crippen LogP contribution >= 0.6 is 0 Å². The van der Waals surface area contributed by atoms with Gasteiger partial charge in [-0.3, -0.25) is 4.79 Å². The molecule has 2 saturated heterocycles. The maximum absolute atomic E-state index is 12.2. The molecule has 4 nitrogen and oxygen atoms in total. The number of rotatable bonds is 7. The Balaban J connectivity index is 1.60. The smallest absolute Gasteiger partial charge is 0.222 e. The molecule has 116 valence electrons. The molecule has 2 atom stereocenters. The Kier molecular flexibility index (Phi) is 6.30. The fourth-order valence-electron chi connectivity index (χ4n) is 3.01. The number of ether oxygens (including phenoxy) is 1. The predicted molar refractivity (Wildman–Crippen MR) is 80.6 cm³/mol. The van der Waals surface area contributed by atoms with Gasteiger partial charge in [0.25, 0.3) is 0 Å². The highest BCUT2D eigenvalue weighted by Gasteiger charge is 2.27. The molecule has 2 heterocycles. The summed E-state index contributed by atoms with van der Waals surface area (Å²) in [5.41, 5.74) is 0. The van der Waals surface area contributed by atoms with Crippen molar-refractivity contribution in [2.75, 3.05) is 32.8 Å². The van der Waals surface area contributed by atoms with Crippen LogP contribution in [0.1, 0.15) is 46.0 Å². The van der Waals surface area contributed by atoms with E-state index in [9.17, 15) is 4.79 Å². The number of nitrogens with one attached hydrogen (secondary N) is 1. The Hall–Kier alpha value is -0.610. The van der Waals surface area contributed by atoms with E-state index in [1.165, 1.54) is 6.42 Å². The first kappa shape index (κ1) is 15.8. The first-order valence-electron chi connectivity index (χ1n) is 8.25. The second kappa shape index (κ2) is 7.99. The van der Waals surface area contributed by atoms with Crippen molar-refractivity contribution >= 4 is 5.91 Å². The van der Waals surface area contributed by atoms with Crippen LogP contribution in [-0.4, -0.2) is 49.7 Å². The van der Waals surface area contributed by atoms with Gasteiger partial charge in [-0.2, -0.15) is 0 Å². The topological polar surface area (TPSA) is 41.6 Å². The summed E-state index contributed by atoms with van der Waals surface area (Å²) in [6.45, 7) is 9.16. The van der Waals surface area contributed by atoms with Crippen LogP contribution in [-0.2, 0) is 9.53 Å². The molecule has 20 heavy (non-hydrogen) atoms. The van der Waals surface area contributed by atoms with Crippen LogP contribution in [0.25, 0.3) is 0 Å². The van der Waals surface area contributed by atoms with Gasteiger partial charge in [0, 0.05) is 26.1 Å². The summed E-state index contributed by atoms with van der Waals surface area (Å²) in [4.78, 5) is 14.2. The average Bonchev–Trinajstić information content (AvgIpc) is 3.06. The maximum Gasteiger partial charge on any atom is 0.222 e. The Morgan fingerprint density at radius 2 is 2.25 bits per heavy atom. The molecule has 0 aromatic heterocycles. The third-order valence-electron chi connectivity index (χ3n) is 4.48. The molecule has 2 aliphatic rings. The van der Waals surface area contributed by atoms with Crippen molar-refractivity contribution < 1.29 is 9.53 Å². The summed E-state index contributed by atoms with van der Waals surface area (Å²) in [6, 6.07) is 0. The van der Waals surface area contributed by atoms with Crippen molar-refractivity contribution in [2.24, 2.45) is 11.8 Å². The van der Waals surface area contributed by atoms with Crippen molar-refractivity contribution in [2.45, 2.75) is 52.1 Å². The van der Waals surface area contributed by atoms with Gasteiger partial charge in [0.2, 0.25) is 5.91 Å². The molecule has 2 aliphatic heterocycles. The summed E-state index contributed by atoms with van der Waals surface area (Å²) in [6.07, 6.45) is 5.37. The van der Waals surface area contributed by atoms with Crippen LogP contribution in [0.15, 0.2) is 0 Å². The van der Waals surface area contributed by atoms with Gasteiger partial charge >= 0.3 is 0 Å². The normalized spacial score (nSPS) is 26.6. The molecule has 0 bridgehead atoms. The first-order chi connectivity index (χ1) is 9.65. The van der Waals surface area contributed by atoms with E-state index in [4.69, 9.17) is 4.74 Å². The largest absolute Gasteiger partial charge is 0.376 e. The van der Waals surface area contributed by atoms with E-state index in [0.29, 0.717) is 24.2 Å². The second-order valence-electron chi connectivity index (χ2n) is 6.70. The van der Waals surface area contributed by atoms with Crippen molar-refractivity contribution in [3.63, 3.8) is 0 Å². The highest BCUT2D eigenvalue weighted by atomic mass is 16.5. The van der Waals surface area contributed by atoms with Gasteiger partial charge in [-0.15, -0.1) is 0 Å². The molecule has 2 rings (SSSR count). The molecule has 0 aromatic carbocycles.